The van der Waals surface area contributed by atoms with Crippen LogP contribution in [0.5, 0.6) is 5.75 Å². The Bertz CT molecular complexity index is 1270. The Hall–Kier alpha value is -4.35. The van der Waals surface area contributed by atoms with E-state index in [2.05, 4.69) is 20.7 Å². The van der Waals surface area contributed by atoms with E-state index in [1.807, 2.05) is 0 Å². The fourth-order valence-corrected chi connectivity index (χ4v) is 3.18. The molecule has 0 saturated carbocycles. The number of Topliss-reactive ketones (excluding diaryl/α,β-unsaturated/α-hetero) is 1. The van der Waals surface area contributed by atoms with Crippen LogP contribution in [0.3, 0.4) is 0 Å². The highest BCUT2D eigenvalue weighted by Crippen LogP contribution is 2.24. The van der Waals surface area contributed by atoms with Crippen LogP contribution in [0.4, 0.5) is 4.39 Å². The zero-order valence-electron chi connectivity index (χ0n) is 16.4. The number of carboxylic acid groups (broad SMARTS) is 1. The number of aromatic nitrogens is 3. The summed E-state index contributed by atoms with van der Waals surface area (Å²) in [6.07, 6.45) is 1.07. The smallest absolute Gasteiger partial charge is 0.322 e. The average Bonchev–Trinajstić information content (AvgIpc) is 3.15. The monoisotopic (exact) mass is 441 g/mol. The van der Waals surface area contributed by atoms with Crippen LogP contribution in [0.15, 0.2) is 30.5 Å². The molecule has 0 radical (unpaired) electrons. The van der Waals surface area contributed by atoms with E-state index in [1.54, 1.807) is 18.2 Å². The molecule has 2 amide bonds. The van der Waals surface area contributed by atoms with Gasteiger partial charge in [0.1, 0.15) is 30.3 Å². The fourth-order valence-electron chi connectivity index (χ4n) is 3.18. The van der Waals surface area contributed by atoms with Crippen LogP contribution in [-0.2, 0) is 22.6 Å². The first-order valence-electron chi connectivity index (χ1n) is 9.40. The second-order valence-corrected chi connectivity index (χ2v) is 6.96. The summed E-state index contributed by atoms with van der Waals surface area (Å²) in [6, 6.07) is 6.27. The van der Waals surface area contributed by atoms with Crippen molar-refractivity contribution in [2.75, 3.05) is 13.2 Å². The third-order valence-corrected chi connectivity index (χ3v) is 4.65. The van der Waals surface area contributed by atoms with Crippen LogP contribution >= 0.6 is 0 Å². The second kappa shape index (κ2) is 8.41. The number of ketones is 1. The van der Waals surface area contributed by atoms with Crippen molar-refractivity contribution in [3.8, 4) is 5.75 Å². The van der Waals surface area contributed by atoms with Crippen molar-refractivity contribution in [3.63, 3.8) is 0 Å². The average molecular weight is 441 g/mol. The van der Waals surface area contributed by atoms with Crippen molar-refractivity contribution in [2.24, 2.45) is 0 Å². The minimum absolute atomic E-state index is 0.0325. The van der Waals surface area contributed by atoms with E-state index in [0.29, 0.717) is 16.9 Å². The molecule has 12 heteroatoms. The molecule has 11 nitrogen and oxygen atoms in total. The number of carbonyl (C=O) groups excluding carboxylic acids is 3. The molecule has 0 atom stereocenters. The van der Waals surface area contributed by atoms with Crippen molar-refractivity contribution in [2.45, 2.75) is 13.0 Å². The van der Waals surface area contributed by atoms with Crippen molar-refractivity contribution in [3.05, 3.63) is 58.8 Å². The van der Waals surface area contributed by atoms with E-state index in [4.69, 9.17) is 9.84 Å². The molecule has 0 saturated heterocycles. The van der Waals surface area contributed by atoms with Gasteiger partial charge in [0.05, 0.1) is 6.20 Å². The lowest BCUT2D eigenvalue weighted by Crippen LogP contribution is -2.32. The van der Waals surface area contributed by atoms with E-state index in [9.17, 15) is 23.6 Å². The zero-order valence-corrected chi connectivity index (χ0v) is 16.4. The summed E-state index contributed by atoms with van der Waals surface area (Å²) in [5, 5.41) is 17.2. The van der Waals surface area contributed by atoms with Crippen LogP contribution in [0.1, 0.15) is 32.1 Å². The number of amides is 2. The lowest BCUT2D eigenvalue weighted by molar-refractivity contribution is -0.135. The van der Waals surface area contributed by atoms with Gasteiger partial charge >= 0.3 is 5.97 Å². The van der Waals surface area contributed by atoms with Crippen molar-refractivity contribution >= 4 is 29.2 Å². The predicted octanol–water partition coefficient (Wildman–Crippen LogP) is 0.117. The van der Waals surface area contributed by atoms with Gasteiger partial charge in [-0.15, -0.1) is 0 Å². The van der Waals surface area contributed by atoms with Gasteiger partial charge in [-0.3, -0.25) is 19.2 Å². The summed E-state index contributed by atoms with van der Waals surface area (Å²) in [5.74, 6) is -3.12. The minimum atomic E-state index is -1.27. The Kier molecular flexibility index (Phi) is 5.50. The first-order valence-corrected chi connectivity index (χ1v) is 9.40. The first kappa shape index (κ1) is 20.9. The van der Waals surface area contributed by atoms with Crippen molar-refractivity contribution < 1.29 is 33.4 Å². The number of aliphatic carboxylic acids is 1. The standard InChI is InChI=1S/C20H16FN5O6/c21-13-7-24-26-15(20(31)23-8-17(28)29)5-14(25-18(13)26)19(30)22-6-10-1-2-16-11(3-10)4-12(27)9-32-16/h1-3,5,7H,4,6,8-9H2,(H,22,30)(H,23,31)(H,28,29). The Balaban J connectivity index is 1.55. The van der Waals surface area contributed by atoms with Crippen molar-refractivity contribution in [1.29, 1.82) is 0 Å². The largest absolute Gasteiger partial charge is 0.486 e. The highest BCUT2D eigenvalue weighted by molar-refractivity contribution is 5.99. The molecule has 0 fully saturated rings. The normalized spacial score (nSPS) is 12.7. The maximum atomic E-state index is 14.0. The van der Waals surface area contributed by atoms with Gasteiger partial charge in [0.25, 0.3) is 11.8 Å². The third-order valence-electron chi connectivity index (χ3n) is 4.65. The quantitative estimate of drug-likeness (QED) is 0.488. The number of fused-ring (bicyclic) bond motifs is 2. The molecule has 0 unspecified atom stereocenters. The molecule has 2 aromatic heterocycles. The van der Waals surface area contributed by atoms with Crippen LogP contribution in [-0.4, -0.2) is 56.4 Å². The lowest BCUT2D eigenvalue weighted by atomic mass is 10.0. The van der Waals surface area contributed by atoms with E-state index in [1.165, 1.54) is 0 Å². The van der Waals surface area contributed by atoms with Gasteiger partial charge in [0.2, 0.25) is 0 Å². The summed E-state index contributed by atoms with van der Waals surface area (Å²) < 4.78 is 20.3. The Morgan fingerprint density at radius 3 is 2.78 bits per heavy atom. The predicted molar refractivity (Wildman–Crippen MR) is 105 cm³/mol. The molecule has 164 valence electrons. The first-order chi connectivity index (χ1) is 15.3. The van der Waals surface area contributed by atoms with Gasteiger partial charge < -0.3 is 20.5 Å². The number of benzene rings is 1. The van der Waals surface area contributed by atoms with Crippen LogP contribution < -0.4 is 15.4 Å². The maximum absolute atomic E-state index is 14.0. The van der Waals surface area contributed by atoms with E-state index >= 15 is 0 Å². The van der Waals surface area contributed by atoms with E-state index in [0.717, 1.165) is 16.8 Å². The fraction of sp³-hybridized carbons (Fsp3) is 0.200. The van der Waals surface area contributed by atoms with Crippen LogP contribution in [0, 0.1) is 5.82 Å². The van der Waals surface area contributed by atoms with Crippen molar-refractivity contribution in [1.82, 2.24) is 25.2 Å². The molecule has 1 aromatic carbocycles. The topological polar surface area (TPSA) is 152 Å². The molecule has 3 N–H and O–H groups in total. The number of carboxylic acids is 1. The molecule has 0 spiro atoms. The number of hydrogen-bond donors (Lipinski definition) is 3. The van der Waals surface area contributed by atoms with Gasteiger partial charge in [0, 0.05) is 24.6 Å². The molecule has 3 heterocycles. The van der Waals surface area contributed by atoms with Gasteiger partial charge in [-0.1, -0.05) is 6.07 Å². The van der Waals surface area contributed by atoms with Gasteiger partial charge in [0.15, 0.2) is 17.2 Å². The number of rotatable bonds is 6. The lowest BCUT2D eigenvalue weighted by Gasteiger charge is -2.17. The molecule has 1 aliphatic heterocycles. The number of nitrogens with one attached hydrogen (secondary N) is 2. The van der Waals surface area contributed by atoms with E-state index < -0.39 is 30.1 Å². The molecule has 1 aliphatic rings. The van der Waals surface area contributed by atoms with Crippen LogP contribution in [0.2, 0.25) is 0 Å². The van der Waals surface area contributed by atoms with Gasteiger partial charge in [-0.05, 0) is 17.7 Å². The maximum Gasteiger partial charge on any atom is 0.322 e. The number of ether oxygens (including phenoxy) is 1. The van der Waals surface area contributed by atoms with Gasteiger partial charge in [-0.25, -0.2) is 13.9 Å². The number of hydrogen-bond acceptors (Lipinski definition) is 7. The highest BCUT2D eigenvalue weighted by Gasteiger charge is 2.21. The summed E-state index contributed by atoms with van der Waals surface area (Å²) >= 11 is 0. The van der Waals surface area contributed by atoms with E-state index in [-0.39, 0.29) is 42.4 Å². The number of halogens is 1. The number of carbonyl (C=O) groups is 4. The SMILES string of the molecule is O=C(O)CNC(=O)c1cc(C(=O)NCc2ccc3c(c2)CC(=O)CO3)nc2c(F)cnn12. The Morgan fingerprint density at radius 2 is 2.00 bits per heavy atom. The molecular weight excluding hydrogens is 425 g/mol. The Labute approximate surface area is 179 Å². The molecule has 32 heavy (non-hydrogen) atoms. The molecule has 0 aliphatic carbocycles. The molecular formula is C20H16FN5O6. The minimum Gasteiger partial charge on any atom is -0.486 e. The van der Waals surface area contributed by atoms with Gasteiger partial charge in [-0.2, -0.15) is 5.10 Å². The summed E-state index contributed by atoms with van der Waals surface area (Å²) in [4.78, 5) is 51.2. The summed E-state index contributed by atoms with van der Waals surface area (Å²) in [5.41, 5.74) is 0.545. The van der Waals surface area contributed by atoms with Crippen LogP contribution in [0.25, 0.3) is 5.65 Å². The number of nitrogens with zero attached hydrogens (tertiary/aromatic N) is 3. The zero-order chi connectivity index (χ0) is 22.8. The molecule has 3 aromatic rings. The molecule has 4 rings (SSSR count). The highest BCUT2D eigenvalue weighted by atomic mass is 19.1. The second-order valence-electron chi connectivity index (χ2n) is 6.96. The summed E-state index contributed by atoms with van der Waals surface area (Å²) in [6.45, 7) is -0.557. The Morgan fingerprint density at radius 1 is 1.19 bits per heavy atom. The molecule has 0 bridgehead atoms. The third kappa shape index (κ3) is 4.24. The summed E-state index contributed by atoms with van der Waals surface area (Å²) in [7, 11) is 0.